The molecule has 1 aliphatic rings. The van der Waals surface area contributed by atoms with Crippen molar-refractivity contribution in [1.29, 1.82) is 0 Å². The monoisotopic (exact) mass is 213 g/mol. The van der Waals surface area contributed by atoms with E-state index in [9.17, 15) is 4.79 Å². The zero-order valence-electron chi connectivity index (χ0n) is 9.83. The Labute approximate surface area is 92.2 Å². The Bertz CT molecular complexity index is 204. The van der Waals surface area contributed by atoms with Gasteiger partial charge in [-0.2, -0.15) is 0 Å². The second kappa shape index (κ2) is 6.08. The molecule has 3 N–H and O–H groups in total. The Morgan fingerprint density at radius 3 is 2.67 bits per heavy atom. The lowest BCUT2D eigenvalue weighted by atomic mass is 10.2. The fourth-order valence-corrected chi connectivity index (χ4v) is 1.78. The molecule has 15 heavy (non-hydrogen) atoms. The van der Waals surface area contributed by atoms with Gasteiger partial charge in [0.05, 0.1) is 6.04 Å². The van der Waals surface area contributed by atoms with Gasteiger partial charge in [-0.15, -0.1) is 0 Å². The number of nitrogens with two attached hydrogens (primary N) is 1. The summed E-state index contributed by atoms with van der Waals surface area (Å²) in [6.45, 7) is 5.37. The van der Waals surface area contributed by atoms with E-state index in [1.54, 1.807) is 7.05 Å². The molecule has 88 valence electrons. The molecule has 0 saturated heterocycles. The summed E-state index contributed by atoms with van der Waals surface area (Å²) in [4.78, 5) is 13.4. The second-order valence-electron chi connectivity index (χ2n) is 4.37. The molecule has 1 unspecified atom stereocenters. The number of amides is 1. The highest BCUT2D eigenvalue weighted by Crippen LogP contribution is 2.29. The molecule has 1 atom stereocenters. The largest absolute Gasteiger partial charge is 0.368 e. The normalized spacial score (nSPS) is 18.1. The zero-order valence-corrected chi connectivity index (χ0v) is 9.83. The van der Waals surface area contributed by atoms with Crippen molar-refractivity contribution in [2.24, 2.45) is 11.7 Å². The van der Waals surface area contributed by atoms with Crippen LogP contribution in [0.15, 0.2) is 0 Å². The highest BCUT2D eigenvalue weighted by atomic mass is 16.1. The molecule has 1 rings (SSSR count). The second-order valence-corrected chi connectivity index (χ2v) is 4.37. The van der Waals surface area contributed by atoms with E-state index in [4.69, 9.17) is 5.73 Å². The average Bonchev–Trinajstić information content (AvgIpc) is 3.00. The van der Waals surface area contributed by atoms with Crippen molar-refractivity contribution in [2.75, 3.05) is 26.7 Å². The van der Waals surface area contributed by atoms with E-state index in [2.05, 4.69) is 17.1 Å². The minimum absolute atomic E-state index is 0.182. The first-order chi connectivity index (χ1) is 7.17. The van der Waals surface area contributed by atoms with Crippen molar-refractivity contribution in [3.05, 3.63) is 0 Å². The maximum absolute atomic E-state index is 11.0. The van der Waals surface area contributed by atoms with Gasteiger partial charge in [0.15, 0.2) is 0 Å². The number of carbonyl (C=O) groups is 1. The van der Waals surface area contributed by atoms with Crippen molar-refractivity contribution in [2.45, 2.75) is 32.2 Å². The molecular formula is C11H23N3O. The molecule has 4 nitrogen and oxygen atoms in total. The van der Waals surface area contributed by atoms with Crippen LogP contribution in [-0.2, 0) is 4.79 Å². The van der Waals surface area contributed by atoms with Crippen LogP contribution in [0.2, 0.25) is 0 Å². The van der Waals surface area contributed by atoms with E-state index in [0.29, 0.717) is 0 Å². The number of likely N-dealkylation sites (N-methyl/N-ethyl adjacent to an activating group) is 1. The smallest absolute Gasteiger partial charge is 0.234 e. The first kappa shape index (κ1) is 12.5. The van der Waals surface area contributed by atoms with Crippen LogP contribution in [0.1, 0.15) is 26.2 Å². The number of carbonyl (C=O) groups excluding carboxylic acids is 1. The Morgan fingerprint density at radius 1 is 1.60 bits per heavy atom. The third-order valence-electron chi connectivity index (χ3n) is 3.09. The van der Waals surface area contributed by atoms with Crippen LogP contribution in [-0.4, -0.2) is 43.5 Å². The summed E-state index contributed by atoms with van der Waals surface area (Å²) in [7, 11) is 1.78. The van der Waals surface area contributed by atoms with Gasteiger partial charge in [0.1, 0.15) is 0 Å². The van der Waals surface area contributed by atoms with E-state index in [0.717, 1.165) is 25.4 Å². The molecule has 1 amide bonds. The van der Waals surface area contributed by atoms with E-state index < -0.39 is 0 Å². The molecule has 1 aliphatic carbocycles. The van der Waals surface area contributed by atoms with Gasteiger partial charge in [-0.25, -0.2) is 0 Å². The maximum atomic E-state index is 11.0. The van der Waals surface area contributed by atoms with Crippen molar-refractivity contribution >= 4 is 5.91 Å². The molecule has 0 aromatic rings. The predicted molar refractivity (Wildman–Crippen MR) is 61.5 cm³/mol. The highest BCUT2D eigenvalue weighted by molar-refractivity contribution is 5.79. The average molecular weight is 213 g/mol. The van der Waals surface area contributed by atoms with Gasteiger partial charge in [0.2, 0.25) is 5.91 Å². The van der Waals surface area contributed by atoms with Crippen LogP contribution in [0.5, 0.6) is 0 Å². The number of rotatable bonds is 8. The summed E-state index contributed by atoms with van der Waals surface area (Å²) < 4.78 is 0. The van der Waals surface area contributed by atoms with Crippen LogP contribution in [0, 0.1) is 5.92 Å². The van der Waals surface area contributed by atoms with E-state index in [1.165, 1.54) is 19.4 Å². The van der Waals surface area contributed by atoms with Gasteiger partial charge < -0.3 is 16.0 Å². The molecule has 0 aliphatic heterocycles. The van der Waals surface area contributed by atoms with Crippen molar-refractivity contribution < 1.29 is 4.79 Å². The zero-order chi connectivity index (χ0) is 11.3. The lowest BCUT2D eigenvalue weighted by Gasteiger charge is -2.22. The van der Waals surface area contributed by atoms with Crippen molar-refractivity contribution in [3.8, 4) is 0 Å². The van der Waals surface area contributed by atoms with Gasteiger partial charge >= 0.3 is 0 Å². The van der Waals surface area contributed by atoms with Gasteiger partial charge in [0.25, 0.3) is 0 Å². The van der Waals surface area contributed by atoms with Gasteiger partial charge in [0, 0.05) is 13.1 Å². The summed E-state index contributed by atoms with van der Waals surface area (Å²) in [6, 6.07) is -0.182. The third kappa shape index (κ3) is 4.62. The summed E-state index contributed by atoms with van der Waals surface area (Å²) in [5.74, 6) is 0.659. The standard InChI is InChI=1S/C11H23N3O/c1-3-14(8-9-4-5-9)7-6-10(13-2)11(12)15/h9-10,13H,3-8H2,1-2H3,(H2,12,15). The van der Waals surface area contributed by atoms with Crippen molar-refractivity contribution in [3.63, 3.8) is 0 Å². The van der Waals surface area contributed by atoms with Gasteiger partial charge in [-0.1, -0.05) is 6.92 Å². The van der Waals surface area contributed by atoms with E-state index in [1.807, 2.05) is 0 Å². The number of hydrogen-bond acceptors (Lipinski definition) is 3. The molecule has 0 bridgehead atoms. The molecule has 0 aromatic carbocycles. The molecule has 0 spiro atoms. The Kier molecular flexibility index (Phi) is 5.05. The van der Waals surface area contributed by atoms with E-state index >= 15 is 0 Å². The fraction of sp³-hybridized carbons (Fsp3) is 0.909. The summed E-state index contributed by atoms with van der Waals surface area (Å²) in [6.07, 6.45) is 3.57. The highest BCUT2D eigenvalue weighted by Gasteiger charge is 2.24. The SMILES string of the molecule is CCN(CCC(NC)C(N)=O)CC1CC1. The topological polar surface area (TPSA) is 58.4 Å². The summed E-state index contributed by atoms with van der Waals surface area (Å²) in [5, 5.41) is 2.95. The van der Waals surface area contributed by atoms with E-state index in [-0.39, 0.29) is 11.9 Å². The fourth-order valence-electron chi connectivity index (χ4n) is 1.78. The van der Waals surface area contributed by atoms with Crippen LogP contribution >= 0.6 is 0 Å². The predicted octanol–water partition coefficient (Wildman–Crippen LogP) is 0.182. The number of nitrogens with zero attached hydrogens (tertiary/aromatic N) is 1. The molecule has 4 heteroatoms. The number of nitrogens with one attached hydrogen (secondary N) is 1. The lowest BCUT2D eigenvalue weighted by Crippen LogP contribution is -2.42. The van der Waals surface area contributed by atoms with Gasteiger partial charge in [-0.3, -0.25) is 4.79 Å². The molecule has 0 heterocycles. The molecule has 0 aromatic heterocycles. The van der Waals surface area contributed by atoms with Crippen LogP contribution in [0.3, 0.4) is 0 Å². The first-order valence-electron chi connectivity index (χ1n) is 5.86. The Hall–Kier alpha value is -0.610. The van der Waals surface area contributed by atoms with Gasteiger partial charge in [-0.05, 0) is 38.8 Å². The molecular weight excluding hydrogens is 190 g/mol. The number of hydrogen-bond donors (Lipinski definition) is 2. The minimum Gasteiger partial charge on any atom is -0.368 e. The third-order valence-corrected chi connectivity index (χ3v) is 3.09. The summed E-state index contributed by atoms with van der Waals surface area (Å²) in [5.41, 5.74) is 5.27. The summed E-state index contributed by atoms with van der Waals surface area (Å²) >= 11 is 0. The molecule has 1 fully saturated rings. The first-order valence-corrected chi connectivity index (χ1v) is 5.86. The Morgan fingerprint density at radius 2 is 2.27 bits per heavy atom. The molecule has 0 radical (unpaired) electrons. The lowest BCUT2D eigenvalue weighted by molar-refractivity contribution is -0.120. The number of primary amides is 1. The molecule has 1 saturated carbocycles. The van der Waals surface area contributed by atoms with Crippen molar-refractivity contribution in [1.82, 2.24) is 10.2 Å². The Balaban J connectivity index is 2.21. The quantitative estimate of drug-likeness (QED) is 0.605. The van der Waals surface area contributed by atoms with Crippen LogP contribution in [0.4, 0.5) is 0 Å². The minimum atomic E-state index is -0.250. The van der Waals surface area contributed by atoms with Crippen LogP contribution in [0.25, 0.3) is 0 Å². The van der Waals surface area contributed by atoms with Crippen LogP contribution < -0.4 is 11.1 Å². The maximum Gasteiger partial charge on any atom is 0.234 e.